The van der Waals surface area contributed by atoms with Gasteiger partial charge in [-0.05, 0) is 30.4 Å². The molecule has 0 aromatic heterocycles. The van der Waals surface area contributed by atoms with Gasteiger partial charge < -0.3 is 9.90 Å². The van der Waals surface area contributed by atoms with Crippen molar-refractivity contribution < 1.29 is 14.7 Å². The van der Waals surface area contributed by atoms with E-state index in [1.807, 2.05) is 0 Å². The molecule has 0 aliphatic carbocycles. The van der Waals surface area contributed by atoms with E-state index in [1.54, 1.807) is 0 Å². The van der Waals surface area contributed by atoms with Crippen LogP contribution in [0.2, 0.25) is 0 Å². The van der Waals surface area contributed by atoms with Crippen LogP contribution < -0.4 is 0 Å². The molecular weight excluding hydrogens is 192 g/mol. The lowest BCUT2D eigenvalue weighted by atomic mass is 10.00. The monoisotopic (exact) mass is 212 g/mol. The Kier molecular flexibility index (Phi) is 8.98. The van der Waals surface area contributed by atoms with Gasteiger partial charge in [0.05, 0.1) is 6.61 Å². The molecule has 0 fully saturated rings. The summed E-state index contributed by atoms with van der Waals surface area (Å²) < 4.78 is 0. The molecule has 0 aromatic carbocycles. The summed E-state index contributed by atoms with van der Waals surface area (Å²) in [6.07, 6.45) is 6.37. The van der Waals surface area contributed by atoms with Crippen molar-refractivity contribution in [1.29, 1.82) is 0 Å². The zero-order valence-corrected chi connectivity index (χ0v) is 9.37. The van der Waals surface area contributed by atoms with Gasteiger partial charge in [-0.15, -0.1) is 0 Å². The normalized spacial score (nSPS) is 12.1. The van der Waals surface area contributed by atoms with E-state index >= 15 is 0 Å². The maximum atomic E-state index is 10.8. The predicted octanol–water partition coefficient (Wildman–Crippen LogP) is 2.03. The molecule has 0 bridgehead atoms. The zero-order chi connectivity index (χ0) is 11.5. The molecule has 0 aliphatic heterocycles. The highest BCUT2D eigenvalue weighted by molar-refractivity contribution is 5.74. The van der Waals surface area contributed by atoms with E-state index in [-0.39, 0.29) is 6.61 Å². The molecule has 0 rings (SSSR count). The minimum absolute atomic E-state index is 0.117. The van der Waals surface area contributed by atoms with Gasteiger partial charge in [0.15, 0.2) is 0 Å². The summed E-state index contributed by atoms with van der Waals surface area (Å²) in [6.45, 7) is 1.98. The number of rotatable bonds is 9. The zero-order valence-electron chi connectivity index (χ0n) is 9.37. The molecule has 3 heteroatoms. The summed E-state index contributed by atoms with van der Waals surface area (Å²) in [4.78, 5) is 21.0. The average Bonchev–Trinajstić information content (AvgIpc) is 2.27. The SMILES string of the molecule is CCCCCC(C=O)=C(CO)CCC=O. The molecule has 0 radical (unpaired) electrons. The van der Waals surface area contributed by atoms with Gasteiger partial charge >= 0.3 is 0 Å². The third-order valence-corrected chi connectivity index (χ3v) is 2.40. The lowest BCUT2D eigenvalue weighted by Crippen LogP contribution is -2.00. The Morgan fingerprint density at radius 1 is 1.20 bits per heavy atom. The summed E-state index contributed by atoms with van der Waals surface area (Å²) in [5.41, 5.74) is 1.39. The lowest BCUT2D eigenvalue weighted by molar-refractivity contribution is -0.108. The fourth-order valence-corrected chi connectivity index (χ4v) is 1.46. The first-order valence-electron chi connectivity index (χ1n) is 5.50. The van der Waals surface area contributed by atoms with Crippen LogP contribution in [0, 0.1) is 0 Å². The van der Waals surface area contributed by atoms with Crippen molar-refractivity contribution >= 4 is 12.6 Å². The fourth-order valence-electron chi connectivity index (χ4n) is 1.46. The van der Waals surface area contributed by atoms with Crippen LogP contribution in [0.5, 0.6) is 0 Å². The first-order chi connectivity index (χ1) is 7.29. The van der Waals surface area contributed by atoms with Crippen LogP contribution in [0.1, 0.15) is 45.4 Å². The predicted molar refractivity (Wildman–Crippen MR) is 59.6 cm³/mol. The van der Waals surface area contributed by atoms with Crippen molar-refractivity contribution in [2.24, 2.45) is 0 Å². The summed E-state index contributed by atoms with van der Waals surface area (Å²) in [7, 11) is 0. The van der Waals surface area contributed by atoms with Crippen LogP contribution in [0.15, 0.2) is 11.1 Å². The summed E-state index contributed by atoms with van der Waals surface area (Å²) >= 11 is 0. The Morgan fingerprint density at radius 3 is 2.40 bits per heavy atom. The van der Waals surface area contributed by atoms with Gasteiger partial charge in [0.2, 0.25) is 0 Å². The van der Waals surface area contributed by atoms with E-state index in [9.17, 15) is 9.59 Å². The summed E-state index contributed by atoms with van der Waals surface area (Å²) in [5.74, 6) is 0. The smallest absolute Gasteiger partial charge is 0.146 e. The second kappa shape index (κ2) is 9.59. The van der Waals surface area contributed by atoms with Gasteiger partial charge in [-0.3, -0.25) is 4.79 Å². The van der Waals surface area contributed by atoms with E-state index in [0.717, 1.165) is 31.8 Å². The Hall–Kier alpha value is -0.960. The van der Waals surface area contributed by atoms with Crippen LogP contribution in [-0.2, 0) is 9.59 Å². The Morgan fingerprint density at radius 2 is 1.93 bits per heavy atom. The number of carbonyl (C=O) groups excluding carboxylic acids is 2. The number of aliphatic hydroxyl groups excluding tert-OH is 1. The maximum Gasteiger partial charge on any atom is 0.146 e. The van der Waals surface area contributed by atoms with E-state index < -0.39 is 0 Å². The molecule has 15 heavy (non-hydrogen) atoms. The van der Waals surface area contributed by atoms with Crippen molar-refractivity contribution in [1.82, 2.24) is 0 Å². The third kappa shape index (κ3) is 6.18. The quantitative estimate of drug-likeness (QED) is 0.361. The minimum Gasteiger partial charge on any atom is -0.392 e. The number of aldehydes is 2. The van der Waals surface area contributed by atoms with Gasteiger partial charge in [-0.2, -0.15) is 0 Å². The highest BCUT2D eigenvalue weighted by atomic mass is 16.3. The minimum atomic E-state index is -0.117. The van der Waals surface area contributed by atoms with Crippen molar-refractivity contribution in [3.63, 3.8) is 0 Å². The van der Waals surface area contributed by atoms with Crippen molar-refractivity contribution in [2.45, 2.75) is 45.4 Å². The van der Waals surface area contributed by atoms with Crippen molar-refractivity contribution in [3.05, 3.63) is 11.1 Å². The first-order valence-corrected chi connectivity index (χ1v) is 5.50. The number of allylic oxidation sites excluding steroid dienone is 1. The largest absolute Gasteiger partial charge is 0.392 e. The van der Waals surface area contributed by atoms with Gasteiger partial charge in [-0.1, -0.05) is 19.8 Å². The molecule has 0 aromatic rings. The summed E-state index contributed by atoms with van der Waals surface area (Å²) in [5, 5.41) is 9.08. The molecule has 86 valence electrons. The van der Waals surface area contributed by atoms with Crippen molar-refractivity contribution in [2.75, 3.05) is 6.61 Å². The Balaban J connectivity index is 4.29. The second-order valence-corrected chi connectivity index (χ2v) is 3.57. The highest BCUT2D eigenvalue weighted by Crippen LogP contribution is 2.15. The molecule has 3 nitrogen and oxygen atoms in total. The van der Waals surface area contributed by atoms with E-state index in [0.29, 0.717) is 30.4 Å². The average molecular weight is 212 g/mol. The van der Waals surface area contributed by atoms with Crippen LogP contribution >= 0.6 is 0 Å². The standard InChI is InChI=1S/C12H20O3/c1-2-3-4-6-11(9-14)12(10-15)7-5-8-13/h8-9,15H,2-7,10H2,1H3. The number of unbranched alkanes of at least 4 members (excludes halogenated alkanes) is 2. The maximum absolute atomic E-state index is 10.8. The molecule has 0 atom stereocenters. The number of hydrogen-bond donors (Lipinski definition) is 1. The Labute approximate surface area is 91.2 Å². The molecule has 0 aliphatic rings. The van der Waals surface area contributed by atoms with Crippen LogP contribution in [-0.4, -0.2) is 24.3 Å². The molecule has 1 N–H and O–H groups in total. The number of aliphatic hydroxyl groups is 1. The first kappa shape index (κ1) is 14.0. The van der Waals surface area contributed by atoms with Gasteiger partial charge in [0.25, 0.3) is 0 Å². The van der Waals surface area contributed by atoms with Gasteiger partial charge in [0, 0.05) is 6.42 Å². The van der Waals surface area contributed by atoms with Crippen LogP contribution in [0.25, 0.3) is 0 Å². The van der Waals surface area contributed by atoms with E-state index in [1.165, 1.54) is 0 Å². The number of carbonyl (C=O) groups is 2. The van der Waals surface area contributed by atoms with Gasteiger partial charge in [0.1, 0.15) is 12.6 Å². The lowest BCUT2D eigenvalue weighted by Gasteiger charge is -2.07. The highest BCUT2D eigenvalue weighted by Gasteiger charge is 2.05. The Bertz CT molecular complexity index is 219. The van der Waals surface area contributed by atoms with Crippen LogP contribution in [0.3, 0.4) is 0 Å². The topological polar surface area (TPSA) is 54.4 Å². The summed E-state index contributed by atoms with van der Waals surface area (Å²) in [6, 6.07) is 0. The fraction of sp³-hybridized carbons (Fsp3) is 0.667. The molecule has 0 spiro atoms. The third-order valence-electron chi connectivity index (χ3n) is 2.40. The number of hydrogen-bond acceptors (Lipinski definition) is 3. The molecular formula is C12H20O3. The molecule has 0 heterocycles. The molecule has 0 saturated heterocycles. The van der Waals surface area contributed by atoms with E-state index in [4.69, 9.17) is 5.11 Å². The molecule has 0 saturated carbocycles. The van der Waals surface area contributed by atoms with E-state index in [2.05, 4.69) is 6.92 Å². The molecule has 0 unspecified atom stereocenters. The molecule has 0 amide bonds. The van der Waals surface area contributed by atoms with Crippen molar-refractivity contribution in [3.8, 4) is 0 Å². The van der Waals surface area contributed by atoms with Crippen LogP contribution in [0.4, 0.5) is 0 Å². The van der Waals surface area contributed by atoms with Gasteiger partial charge in [-0.25, -0.2) is 0 Å². The second-order valence-electron chi connectivity index (χ2n) is 3.57.